The molecule has 0 radical (unpaired) electrons. The van der Waals surface area contributed by atoms with Gasteiger partial charge in [-0.3, -0.25) is 4.72 Å². The zero-order chi connectivity index (χ0) is 15.6. The second-order valence-electron chi connectivity index (χ2n) is 4.10. The van der Waals surface area contributed by atoms with Crippen LogP contribution in [0.15, 0.2) is 47.4 Å². The second-order valence-corrected chi connectivity index (χ2v) is 6.22. The van der Waals surface area contributed by atoms with Gasteiger partial charge in [0.25, 0.3) is 10.0 Å². The number of benzene rings is 2. The van der Waals surface area contributed by atoms with Crippen LogP contribution in [0.5, 0.6) is 5.75 Å². The zero-order valence-corrected chi connectivity index (χ0v) is 12.0. The molecule has 0 aromatic heterocycles. The molecule has 0 fully saturated rings. The lowest BCUT2D eigenvalue weighted by atomic mass is 10.2. The maximum atomic E-state index is 12.2. The Morgan fingerprint density at radius 1 is 1.10 bits per heavy atom. The van der Waals surface area contributed by atoms with Crippen LogP contribution in [0.2, 0.25) is 5.02 Å². The van der Waals surface area contributed by atoms with Crippen molar-refractivity contribution in [3.8, 4) is 5.75 Å². The number of carboxylic acid groups (broad SMARTS) is 1. The SMILES string of the molecule is O=C(O)c1cc(S(=O)(=O)Nc2ccc(Cl)cc2)ccc1O. The molecule has 0 bridgehead atoms. The molecule has 0 aliphatic rings. The minimum absolute atomic E-state index is 0.271. The van der Waals surface area contributed by atoms with Crippen molar-refractivity contribution < 1.29 is 23.4 Å². The van der Waals surface area contributed by atoms with Gasteiger partial charge in [0.05, 0.1) is 4.90 Å². The van der Waals surface area contributed by atoms with E-state index in [4.69, 9.17) is 16.7 Å². The molecular weight excluding hydrogens is 318 g/mol. The highest BCUT2D eigenvalue weighted by molar-refractivity contribution is 7.92. The first-order chi connectivity index (χ1) is 9.79. The first-order valence-electron chi connectivity index (χ1n) is 5.64. The van der Waals surface area contributed by atoms with Gasteiger partial charge in [0, 0.05) is 10.7 Å². The number of hydrogen-bond acceptors (Lipinski definition) is 4. The van der Waals surface area contributed by atoms with Gasteiger partial charge in [-0.05, 0) is 42.5 Å². The third kappa shape index (κ3) is 3.45. The number of aromatic carboxylic acids is 1. The summed E-state index contributed by atoms with van der Waals surface area (Å²) in [5.74, 6) is -1.93. The van der Waals surface area contributed by atoms with Gasteiger partial charge >= 0.3 is 5.97 Å². The lowest BCUT2D eigenvalue weighted by Crippen LogP contribution is -2.13. The van der Waals surface area contributed by atoms with Gasteiger partial charge in [-0.25, -0.2) is 13.2 Å². The molecule has 0 atom stereocenters. The summed E-state index contributed by atoms with van der Waals surface area (Å²) in [7, 11) is -3.97. The van der Waals surface area contributed by atoms with E-state index in [0.717, 1.165) is 18.2 Å². The van der Waals surface area contributed by atoms with E-state index in [-0.39, 0.29) is 10.6 Å². The van der Waals surface area contributed by atoms with Gasteiger partial charge in [-0.2, -0.15) is 0 Å². The van der Waals surface area contributed by atoms with E-state index in [1.807, 2.05) is 0 Å². The predicted molar refractivity (Wildman–Crippen MR) is 77.3 cm³/mol. The summed E-state index contributed by atoms with van der Waals surface area (Å²) >= 11 is 5.70. The van der Waals surface area contributed by atoms with Crippen LogP contribution in [0.3, 0.4) is 0 Å². The number of anilines is 1. The Labute approximate surface area is 125 Å². The number of aromatic hydroxyl groups is 1. The van der Waals surface area contributed by atoms with Crippen molar-refractivity contribution in [3.05, 3.63) is 53.1 Å². The Balaban J connectivity index is 2.38. The minimum Gasteiger partial charge on any atom is -0.507 e. The molecule has 8 heteroatoms. The quantitative estimate of drug-likeness (QED) is 0.800. The van der Waals surface area contributed by atoms with E-state index in [9.17, 15) is 18.3 Å². The summed E-state index contributed by atoms with van der Waals surface area (Å²) in [4.78, 5) is 10.6. The maximum absolute atomic E-state index is 12.2. The van der Waals surface area contributed by atoms with E-state index >= 15 is 0 Å². The number of nitrogens with one attached hydrogen (secondary N) is 1. The van der Waals surface area contributed by atoms with E-state index in [2.05, 4.69) is 4.72 Å². The Morgan fingerprint density at radius 2 is 1.71 bits per heavy atom. The molecule has 0 aliphatic carbocycles. The normalized spacial score (nSPS) is 11.1. The van der Waals surface area contributed by atoms with E-state index in [1.54, 1.807) is 0 Å². The average Bonchev–Trinajstić information content (AvgIpc) is 2.41. The Morgan fingerprint density at radius 3 is 2.29 bits per heavy atom. The van der Waals surface area contributed by atoms with Gasteiger partial charge < -0.3 is 10.2 Å². The van der Waals surface area contributed by atoms with Gasteiger partial charge in [0.2, 0.25) is 0 Å². The summed E-state index contributed by atoms with van der Waals surface area (Å²) in [5, 5.41) is 18.7. The van der Waals surface area contributed by atoms with E-state index < -0.39 is 27.3 Å². The molecule has 2 rings (SSSR count). The molecule has 0 saturated heterocycles. The third-order valence-electron chi connectivity index (χ3n) is 2.61. The minimum atomic E-state index is -3.97. The van der Waals surface area contributed by atoms with Crippen molar-refractivity contribution in [2.24, 2.45) is 0 Å². The number of carboxylic acids is 1. The fraction of sp³-hybridized carbons (Fsp3) is 0. The summed E-state index contributed by atoms with van der Waals surface area (Å²) in [6.45, 7) is 0. The molecule has 0 spiro atoms. The van der Waals surface area contributed by atoms with Crippen LogP contribution in [0.25, 0.3) is 0 Å². The highest BCUT2D eigenvalue weighted by Crippen LogP contribution is 2.23. The second kappa shape index (κ2) is 5.63. The van der Waals surface area contributed by atoms with Crippen LogP contribution >= 0.6 is 11.6 Å². The summed E-state index contributed by atoms with van der Waals surface area (Å²) < 4.78 is 26.6. The van der Waals surface area contributed by atoms with Crippen LogP contribution in [0, 0.1) is 0 Å². The molecule has 6 nitrogen and oxygen atoms in total. The molecule has 0 saturated carbocycles. The lowest BCUT2D eigenvalue weighted by molar-refractivity contribution is 0.0693. The fourth-order valence-electron chi connectivity index (χ4n) is 1.59. The molecule has 3 N–H and O–H groups in total. The van der Waals surface area contributed by atoms with Gasteiger partial charge in [-0.15, -0.1) is 0 Å². The van der Waals surface area contributed by atoms with Crippen LogP contribution in [0.1, 0.15) is 10.4 Å². The topological polar surface area (TPSA) is 104 Å². The Kier molecular flexibility index (Phi) is 4.06. The molecule has 0 heterocycles. The van der Waals surface area contributed by atoms with Crippen molar-refractivity contribution >= 4 is 33.3 Å². The monoisotopic (exact) mass is 327 g/mol. The van der Waals surface area contributed by atoms with Crippen molar-refractivity contribution in [1.82, 2.24) is 0 Å². The van der Waals surface area contributed by atoms with E-state index in [0.29, 0.717) is 5.02 Å². The summed E-state index contributed by atoms with van der Waals surface area (Å²) in [5.41, 5.74) is -0.210. The first-order valence-corrected chi connectivity index (χ1v) is 7.50. The molecular formula is C13H10ClNO5S. The highest BCUT2D eigenvalue weighted by Gasteiger charge is 2.18. The molecule has 0 aliphatic heterocycles. The van der Waals surface area contributed by atoms with Crippen LogP contribution in [0.4, 0.5) is 5.69 Å². The summed E-state index contributed by atoms with van der Waals surface area (Å²) in [6.07, 6.45) is 0. The van der Waals surface area contributed by atoms with Gasteiger partial charge in [0.15, 0.2) is 0 Å². The Bertz CT molecular complexity index is 787. The van der Waals surface area contributed by atoms with E-state index in [1.165, 1.54) is 24.3 Å². The maximum Gasteiger partial charge on any atom is 0.339 e. The standard InChI is InChI=1S/C13H10ClNO5S/c14-8-1-3-9(4-2-8)15-21(19,20)10-5-6-12(16)11(7-10)13(17)18/h1-7,15-16H,(H,17,18). The number of carbonyl (C=O) groups is 1. The largest absolute Gasteiger partial charge is 0.507 e. The number of sulfonamides is 1. The number of phenols is 1. The van der Waals surface area contributed by atoms with Crippen molar-refractivity contribution in [2.75, 3.05) is 4.72 Å². The lowest BCUT2D eigenvalue weighted by Gasteiger charge is -2.09. The first kappa shape index (κ1) is 15.1. The molecule has 21 heavy (non-hydrogen) atoms. The third-order valence-corrected chi connectivity index (χ3v) is 4.24. The van der Waals surface area contributed by atoms with Crippen molar-refractivity contribution in [2.45, 2.75) is 4.90 Å². The molecule has 2 aromatic rings. The molecule has 0 unspecified atom stereocenters. The predicted octanol–water partition coefficient (Wildman–Crippen LogP) is 2.54. The number of halogens is 1. The van der Waals surface area contributed by atoms with Gasteiger partial charge in [-0.1, -0.05) is 11.6 Å². The molecule has 0 amide bonds. The smallest absolute Gasteiger partial charge is 0.339 e. The zero-order valence-electron chi connectivity index (χ0n) is 10.4. The van der Waals surface area contributed by atoms with Crippen LogP contribution in [-0.2, 0) is 10.0 Å². The molecule has 110 valence electrons. The van der Waals surface area contributed by atoms with Crippen molar-refractivity contribution in [1.29, 1.82) is 0 Å². The van der Waals surface area contributed by atoms with Crippen LogP contribution < -0.4 is 4.72 Å². The van der Waals surface area contributed by atoms with Gasteiger partial charge in [0.1, 0.15) is 11.3 Å². The highest BCUT2D eigenvalue weighted by atomic mass is 35.5. The summed E-state index contributed by atoms with van der Waals surface area (Å²) in [6, 6.07) is 8.98. The number of rotatable bonds is 4. The number of hydrogen-bond donors (Lipinski definition) is 3. The van der Waals surface area contributed by atoms with Crippen LogP contribution in [-0.4, -0.2) is 24.6 Å². The average molecular weight is 328 g/mol. The molecule has 2 aromatic carbocycles. The Hall–Kier alpha value is -2.25. The van der Waals surface area contributed by atoms with Crippen molar-refractivity contribution in [3.63, 3.8) is 0 Å². The fourth-order valence-corrected chi connectivity index (χ4v) is 2.80.